The average Bonchev–Trinajstić information content (AvgIpc) is 2.73. The van der Waals surface area contributed by atoms with Crippen molar-refractivity contribution in [2.75, 3.05) is 0 Å². The summed E-state index contributed by atoms with van der Waals surface area (Å²) < 4.78 is 23.3. The van der Waals surface area contributed by atoms with Gasteiger partial charge in [0.15, 0.2) is 0 Å². The van der Waals surface area contributed by atoms with Gasteiger partial charge in [0, 0.05) is 0 Å². The van der Waals surface area contributed by atoms with Crippen LogP contribution in [-0.4, -0.2) is 43.9 Å². The first kappa shape index (κ1) is 35.7. The molecule has 216 valence electrons. The van der Waals surface area contributed by atoms with Gasteiger partial charge >= 0.3 is 231 Å². The van der Waals surface area contributed by atoms with Crippen LogP contribution >= 0.6 is 0 Å². The van der Waals surface area contributed by atoms with Crippen molar-refractivity contribution in [3.63, 3.8) is 0 Å². The number of rotatable bonds is 16. The normalized spacial score (nSPS) is 13.1. The molecule has 0 bridgehead atoms. The fourth-order valence-electron chi connectivity index (χ4n) is 4.04. The van der Waals surface area contributed by atoms with E-state index >= 15 is 0 Å². The SMILES string of the molecule is CCCC(C)(C)C(=O)[O][Sn]([O]C(=O)C(C)(C)CCC)([O]C(=O)C(C)(C)CCC)[O]C(=O)C(C)(C)CCC. The van der Waals surface area contributed by atoms with Crippen molar-refractivity contribution in [3.05, 3.63) is 0 Å². The predicted molar refractivity (Wildman–Crippen MR) is 145 cm³/mol. The summed E-state index contributed by atoms with van der Waals surface area (Å²) in [5.74, 6) is -2.91. The minimum atomic E-state index is -6.03. The Bertz CT molecular complexity index is 664. The van der Waals surface area contributed by atoms with Crippen molar-refractivity contribution in [2.24, 2.45) is 21.7 Å². The van der Waals surface area contributed by atoms with Gasteiger partial charge in [-0.25, -0.2) is 0 Å². The van der Waals surface area contributed by atoms with E-state index in [4.69, 9.17) is 12.3 Å². The average molecular weight is 635 g/mol. The van der Waals surface area contributed by atoms with Gasteiger partial charge in [0.1, 0.15) is 0 Å². The van der Waals surface area contributed by atoms with Crippen LogP contribution in [0.3, 0.4) is 0 Å². The van der Waals surface area contributed by atoms with E-state index in [1.54, 1.807) is 55.4 Å². The van der Waals surface area contributed by atoms with Crippen molar-refractivity contribution in [1.29, 1.82) is 0 Å². The topological polar surface area (TPSA) is 105 Å². The summed E-state index contributed by atoms with van der Waals surface area (Å²) in [7, 11) is 0. The van der Waals surface area contributed by atoms with Crippen molar-refractivity contribution < 1.29 is 31.5 Å². The Balaban J connectivity index is 6.85. The molecule has 0 aliphatic carbocycles. The molecule has 0 rings (SSSR count). The fourth-order valence-corrected chi connectivity index (χ4v) is 10.5. The molecule has 0 radical (unpaired) electrons. The maximum atomic E-state index is 13.4. The third-order valence-corrected chi connectivity index (χ3v) is 11.6. The fraction of sp³-hybridized carbons (Fsp3) is 0.857. The standard InChI is InChI=1S/4C7H14O2.Sn/c4*1-4-5-7(2,3)6(8)9;/h4*4-5H2,1-3H3,(H,8,9);/q;;;;+4/p-4. The quantitative estimate of drug-likeness (QED) is 0.169. The zero-order valence-electron chi connectivity index (χ0n) is 25.4. The van der Waals surface area contributed by atoms with Crippen LogP contribution in [0, 0.1) is 21.7 Å². The van der Waals surface area contributed by atoms with Crippen LogP contribution in [0.15, 0.2) is 0 Å². The maximum absolute atomic E-state index is 13.4. The van der Waals surface area contributed by atoms with E-state index in [-0.39, 0.29) is 0 Å². The molecule has 0 aromatic heterocycles. The van der Waals surface area contributed by atoms with Crippen LogP contribution in [0.1, 0.15) is 134 Å². The molecule has 0 aromatic rings. The molecule has 0 atom stereocenters. The van der Waals surface area contributed by atoms with E-state index in [1.807, 2.05) is 27.7 Å². The summed E-state index contributed by atoms with van der Waals surface area (Å²) in [6, 6.07) is 0. The van der Waals surface area contributed by atoms with E-state index in [9.17, 15) is 19.2 Å². The van der Waals surface area contributed by atoms with Crippen LogP contribution in [0.5, 0.6) is 0 Å². The molecule has 0 amide bonds. The molecule has 9 heteroatoms. The van der Waals surface area contributed by atoms with Gasteiger partial charge in [0.2, 0.25) is 0 Å². The molecule has 0 unspecified atom stereocenters. The summed E-state index contributed by atoms with van der Waals surface area (Å²) in [6.07, 6.45) is 4.70. The van der Waals surface area contributed by atoms with Gasteiger partial charge in [-0.3, -0.25) is 0 Å². The second-order valence-electron chi connectivity index (χ2n) is 12.6. The van der Waals surface area contributed by atoms with E-state index in [1.165, 1.54) is 0 Å². The van der Waals surface area contributed by atoms with E-state index < -0.39 is 65.6 Å². The van der Waals surface area contributed by atoms with E-state index in [2.05, 4.69) is 0 Å². The summed E-state index contributed by atoms with van der Waals surface area (Å²) in [6.45, 7) is 21.3. The number of carbonyl (C=O) groups excluding carboxylic acids is 4. The minimum absolute atomic E-state index is 0.480. The molecule has 0 N–H and O–H groups in total. The third kappa shape index (κ3) is 10.8. The van der Waals surface area contributed by atoms with Crippen LogP contribution in [0.4, 0.5) is 0 Å². The van der Waals surface area contributed by atoms with Gasteiger partial charge in [-0.2, -0.15) is 0 Å². The summed E-state index contributed by atoms with van der Waals surface area (Å²) in [5.41, 5.74) is -3.89. The molecule has 0 aliphatic rings. The van der Waals surface area contributed by atoms with Gasteiger partial charge in [0.05, 0.1) is 0 Å². The van der Waals surface area contributed by atoms with E-state index in [0.29, 0.717) is 51.4 Å². The Hall–Kier alpha value is -1.32. The zero-order valence-corrected chi connectivity index (χ0v) is 28.3. The molecule has 0 heterocycles. The summed E-state index contributed by atoms with van der Waals surface area (Å²) >= 11 is -6.03. The first-order valence-corrected chi connectivity index (χ1v) is 18.4. The van der Waals surface area contributed by atoms with Gasteiger partial charge in [-0.1, -0.05) is 0 Å². The van der Waals surface area contributed by atoms with Crippen molar-refractivity contribution in [2.45, 2.75) is 134 Å². The van der Waals surface area contributed by atoms with Gasteiger partial charge in [0.25, 0.3) is 0 Å². The molecule has 8 nitrogen and oxygen atoms in total. The summed E-state index contributed by atoms with van der Waals surface area (Å²) in [4.78, 5) is 53.6. The monoisotopic (exact) mass is 636 g/mol. The summed E-state index contributed by atoms with van der Waals surface area (Å²) in [5, 5.41) is 0. The molecule has 0 fully saturated rings. The van der Waals surface area contributed by atoms with Crippen molar-refractivity contribution >= 4 is 43.9 Å². The Morgan fingerprint density at radius 1 is 0.432 bits per heavy atom. The first-order valence-electron chi connectivity index (χ1n) is 13.7. The van der Waals surface area contributed by atoms with Crippen molar-refractivity contribution in [3.8, 4) is 0 Å². The number of hydrogen-bond acceptors (Lipinski definition) is 8. The van der Waals surface area contributed by atoms with Crippen LogP contribution in [-0.2, 0) is 31.5 Å². The van der Waals surface area contributed by atoms with Gasteiger partial charge in [-0.15, -0.1) is 0 Å². The van der Waals surface area contributed by atoms with Crippen LogP contribution < -0.4 is 0 Å². The van der Waals surface area contributed by atoms with Gasteiger partial charge in [-0.05, 0) is 0 Å². The van der Waals surface area contributed by atoms with Crippen molar-refractivity contribution in [1.82, 2.24) is 0 Å². The molecule has 0 spiro atoms. The Morgan fingerprint density at radius 2 is 0.595 bits per heavy atom. The Morgan fingerprint density at radius 3 is 0.730 bits per heavy atom. The van der Waals surface area contributed by atoms with E-state index in [0.717, 1.165) is 0 Å². The molecule has 37 heavy (non-hydrogen) atoms. The Labute approximate surface area is 231 Å². The molecule has 0 aliphatic heterocycles. The number of carbonyl (C=O) groups is 4. The molecular weight excluding hydrogens is 583 g/mol. The second kappa shape index (κ2) is 14.2. The van der Waals surface area contributed by atoms with Crippen LogP contribution in [0.2, 0.25) is 0 Å². The molecule has 0 saturated carbocycles. The molecular formula is C28H52O8Sn. The molecule has 0 saturated heterocycles. The third-order valence-electron chi connectivity index (χ3n) is 6.58. The zero-order chi connectivity index (χ0) is 29.3. The Kier molecular flexibility index (Phi) is 13.7. The first-order chi connectivity index (χ1) is 16.8. The van der Waals surface area contributed by atoms with Gasteiger partial charge < -0.3 is 0 Å². The predicted octanol–water partition coefficient (Wildman–Crippen LogP) is 6.90. The second-order valence-corrected chi connectivity index (χ2v) is 17.8. The molecule has 0 aromatic carbocycles. The van der Waals surface area contributed by atoms with Crippen LogP contribution in [0.25, 0.3) is 0 Å². The number of hydrogen-bond donors (Lipinski definition) is 0.